The fraction of sp³-hybridized carbons (Fsp3) is 0.750. The number of aryl methyl sites for hydroxylation is 1. The molecule has 3 nitrogen and oxygen atoms in total. The van der Waals surface area contributed by atoms with Crippen molar-refractivity contribution in [3.8, 4) is 0 Å². The highest BCUT2D eigenvalue weighted by Gasteiger charge is 2.34. The van der Waals surface area contributed by atoms with E-state index in [9.17, 15) is 0 Å². The number of nitrogens with zero attached hydrogens (tertiary/aromatic N) is 1. The maximum atomic E-state index is 5.18. The Balaban J connectivity index is 2.17. The molecule has 0 aromatic carbocycles. The summed E-state index contributed by atoms with van der Waals surface area (Å²) in [7, 11) is 0. The van der Waals surface area contributed by atoms with Gasteiger partial charge in [0.25, 0.3) is 0 Å². The largest absolute Gasteiger partial charge is 0.361 e. The van der Waals surface area contributed by atoms with Crippen molar-refractivity contribution < 1.29 is 4.52 Å². The summed E-state index contributed by atoms with van der Waals surface area (Å²) in [5.41, 5.74) is 1.24. The van der Waals surface area contributed by atoms with Crippen molar-refractivity contribution in [1.82, 2.24) is 10.5 Å². The van der Waals surface area contributed by atoms with Crippen molar-refractivity contribution in [1.29, 1.82) is 0 Å². The summed E-state index contributed by atoms with van der Waals surface area (Å²) in [6.07, 6.45) is 2.47. The number of hydrogen-bond acceptors (Lipinski definition) is 3. The molecule has 0 unspecified atom stereocenters. The van der Waals surface area contributed by atoms with Crippen LogP contribution >= 0.6 is 0 Å². The second-order valence-corrected chi connectivity index (χ2v) is 5.07. The molecule has 2 heterocycles. The lowest BCUT2D eigenvalue weighted by molar-refractivity contribution is 0.233. The average Bonchev–Trinajstić information content (AvgIpc) is 2.67. The molecular formula is C12H20N2O. The molecule has 0 atom stereocenters. The molecule has 2 rings (SSSR count). The number of aromatic nitrogens is 1. The van der Waals surface area contributed by atoms with Gasteiger partial charge in [-0.15, -0.1) is 0 Å². The first-order chi connectivity index (χ1) is 7.10. The maximum absolute atomic E-state index is 5.18. The molecule has 1 aromatic heterocycles. The van der Waals surface area contributed by atoms with E-state index >= 15 is 0 Å². The Morgan fingerprint density at radius 3 is 2.60 bits per heavy atom. The third kappa shape index (κ3) is 2.07. The van der Waals surface area contributed by atoms with E-state index in [2.05, 4.69) is 30.4 Å². The van der Waals surface area contributed by atoms with Gasteiger partial charge < -0.3 is 9.84 Å². The highest BCUT2D eigenvalue weighted by molar-refractivity contribution is 5.16. The summed E-state index contributed by atoms with van der Waals surface area (Å²) in [5.74, 6) is 1.62. The van der Waals surface area contributed by atoms with E-state index < -0.39 is 0 Å². The van der Waals surface area contributed by atoms with E-state index in [0.29, 0.717) is 5.92 Å². The highest BCUT2D eigenvalue weighted by Crippen LogP contribution is 2.36. The van der Waals surface area contributed by atoms with E-state index in [1.165, 1.54) is 12.8 Å². The van der Waals surface area contributed by atoms with Gasteiger partial charge in [-0.3, -0.25) is 0 Å². The van der Waals surface area contributed by atoms with Gasteiger partial charge in [-0.1, -0.05) is 19.0 Å². The normalized spacial score (nSPS) is 19.4. The van der Waals surface area contributed by atoms with E-state index in [1.807, 2.05) is 6.92 Å². The Morgan fingerprint density at radius 2 is 2.07 bits per heavy atom. The van der Waals surface area contributed by atoms with E-state index in [4.69, 9.17) is 4.52 Å². The van der Waals surface area contributed by atoms with Crippen LogP contribution in [0.4, 0.5) is 0 Å². The molecule has 0 radical (unpaired) electrons. The van der Waals surface area contributed by atoms with Crippen LogP contribution in [0.5, 0.6) is 0 Å². The van der Waals surface area contributed by atoms with Crippen LogP contribution in [0.1, 0.15) is 38.1 Å². The summed E-state index contributed by atoms with van der Waals surface area (Å²) in [6.45, 7) is 8.77. The minimum atomic E-state index is 0.139. The minimum Gasteiger partial charge on any atom is -0.361 e. The smallest absolute Gasteiger partial charge is 0.133 e. The Bertz CT molecular complexity index is 324. The first-order valence-corrected chi connectivity index (χ1v) is 5.75. The van der Waals surface area contributed by atoms with E-state index in [1.54, 1.807) is 0 Å². The lowest BCUT2D eigenvalue weighted by Crippen LogP contribution is -2.38. The zero-order valence-corrected chi connectivity index (χ0v) is 9.84. The first kappa shape index (κ1) is 10.7. The van der Waals surface area contributed by atoms with E-state index in [-0.39, 0.29) is 5.41 Å². The molecule has 1 fully saturated rings. The predicted molar refractivity (Wildman–Crippen MR) is 59.9 cm³/mol. The SMILES string of the molecule is Cc1cc(C(C)(C)C2CCNCC2)no1. The molecule has 0 spiro atoms. The number of piperidine rings is 1. The molecule has 1 aromatic rings. The molecule has 0 aliphatic carbocycles. The van der Waals surface area contributed by atoms with Crippen LogP contribution in [-0.4, -0.2) is 18.2 Å². The number of hydrogen-bond donors (Lipinski definition) is 1. The quantitative estimate of drug-likeness (QED) is 0.810. The topological polar surface area (TPSA) is 38.1 Å². The lowest BCUT2D eigenvalue weighted by Gasteiger charge is -2.35. The predicted octanol–water partition coefficient (Wildman–Crippen LogP) is 2.26. The van der Waals surface area contributed by atoms with Gasteiger partial charge in [0.2, 0.25) is 0 Å². The molecule has 0 amide bonds. The molecule has 3 heteroatoms. The summed E-state index contributed by atoms with van der Waals surface area (Å²) in [4.78, 5) is 0. The van der Waals surface area contributed by atoms with Crippen LogP contribution in [-0.2, 0) is 5.41 Å². The Labute approximate surface area is 91.2 Å². The summed E-state index contributed by atoms with van der Waals surface area (Å²) >= 11 is 0. The van der Waals surface area contributed by atoms with Crippen LogP contribution in [0.2, 0.25) is 0 Å². The first-order valence-electron chi connectivity index (χ1n) is 5.75. The van der Waals surface area contributed by atoms with Crippen LogP contribution in [0.3, 0.4) is 0 Å². The van der Waals surface area contributed by atoms with E-state index in [0.717, 1.165) is 24.5 Å². The van der Waals surface area contributed by atoms with Gasteiger partial charge in [-0.25, -0.2) is 0 Å². The zero-order chi connectivity index (χ0) is 10.9. The van der Waals surface area contributed by atoms with Crippen LogP contribution in [0.15, 0.2) is 10.6 Å². The summed E-state index contributed by atoms with van der Waals surface area (Å²) < 4.78 is 5.18. The molecule has 1 N–H and O–H groups in total. The number of nitrogens with one attached hydrogen (secondary N) is 1. The fourth-order valence-electron chi connectivity index (χ4n) is 2.42. The maximum Gasteiger partial charge on any atom is 0.133 e. The van der Waals surface area contributed by atoms with Gasteiger partial charge in [-0.2, -0.15) is 0 Å². The summed E-state index contributed by atoms with van der Waals surface area (Å²) in [6, 6.07) is 2.07. The van der Waals surface area contributed by atoms with Gasteiger partial charge in [0.1, 0.15) is 5.76 Å². The molecule has 84 valence electrons. The Kier molecular flexibility index (Phi) is 2.83. The molecule has 1 aliphatic heterocycles. The Morgan fingerprint density at radius 1 is 1.40 bits per heavy atom. The fourth-order valence-corrected chi connectivity index (χ4v) is 2.42. The molecule has 1 saturated heterocycles. The standard InChI is InChI=1S/C12H20N2O/c1-9-8-11(14-15-9)12(2,3)10-4-6-13-7-5-10/h8,10,13H,4-7H2,1-3H3. The third-order valence-electron chi connectivity index (χ3n) is 3.65. The van der Waals surface area contributed by atoms with Gasteiger partial charge in [-0.05, 0) is 38.8 Å². The van der Waals surface area contributed by atoms with Crippen molar-refractivity contribution in [2.45, 2.75) is 39.0 Å². The van der Waals surface area contributed by atoms with Gasteiger partial charge >= 0.3 is 0 Å². The van der Waals surface area contributed by atoms with Crippen LogP contribution < -0.4 is 5.32 Å². The van der Waals surface area contributed by atoms with Gasteiger partial charge in [0.05, 0.1) is 5.69 Å². The molecule has 1 aliphatic rings. The Hall–Kier alpha value is -0.830. The average molecular weight is 208 g/mol. The number of rotatable bonds is 2. The molecule has 15 heavy (non-hydrogen) atoms. The van der Waals surface area contributed by atoms with Gasteiger partial charge in [0.15, 0.2) is 0 Å². The van der Waals surface area contributed by atoms with Crippen molar-refractivity contribution in [3.05, 3.63) is 17.5 Å². The molecule has 0 saturated carbocycles. The highest BCUT2D eigenvalue weighted by atomic mass is 16.5. The van der Waals surface area contributed by atoms with Crippen LogP contribution in [0, 0.1) is 12.8 Å². The van der Waals surface area contributed by atoms with Crippen molar-refractivity contribution in [2.75, 3.05) is 13.1 Å². The zero-order valence-electron chi connectivity index (χ0n) is 9.84. The monoisotopic (exact) mass is 208 g/mol. The third-order valence-corrected chi connectivity index (χ3v) is 3.65. The van der Waals surface area contributed by atoms with Crippen molar-refractivity contribution in [3.63, 3.8) is 0 Å². The van der Waals surface area contributed by atoms with Crippen molar-refractivity contribution in [2.24, 2.45) is 5.92 Å². The van der Waals surface area contributed by atoms with Crippen molar-refractivity contribution >= 4 is 0 Å². The lowest BCUT2D eigenvalue weighted by atomic mass is 9.72. The molecular weight excluding hydrogens is 188 g/mol. The second kappa shape index (κ2) is 3.97. The van der Waals surface area contributed by atoms with Crippen LogP contribution in [0.25, 0.3) is 0 Å². The minimum absolute atomic E-state index is 0.139. The second-order valence-electron chi connectivity index (χ2n) is 5.07. The summed E-state index contributed by atoms with van der Waals surface area (Å²) in [5, 5.41) is 7.57. The van der Waals surface area contributed by atoms with Gasteiger partial charge in [0, 0.05) is 11.5 Å². The molecule has 0 bridgehead atoms.